The lowest BCUT2D eigenvalue weighted by Gasteiger charge is -2.36. The molecule has 1 aliphatic rings. The summed E-state index contributed by atoms with van der Waals surface area (Å²) in [7, 11) is 1.63. The molecule has 2 aromatic rings. The summed E-state index contributed by atoms with van der Waals surface area (Å²) in [6.45, 7) is 4.53. The Morgan fingerprint density at radius 1 is 1.12 bits per heavy atom. The molecule has 3 rings (SSSR count). The molecule has 0 atom stereocenters. The molecule has 0 saturated carbocycles. The fourth-order valence-electron chi connectivity index (χ4n) is 3.04. The van der Waals surface area contributed by atoms with Gasteiger partial charge in [0.25, 0.3) is 0 Å². The number of aryl methyl sites for hydroxylation is 1. The van der Waals surface area contributed by atoms with Gasteiger partial charge < -0.3 is 25.0 Å². The number of anilines is 2. The van der Waals surface area contributed by atoms with Crippen LogP contribution in [0.5, 0.6) is 11.5 Å². The number of phenols is 1. The van der Waals surface area contributed by atoms with E-state index in [1.807, 2.05) is 37.3 Å². The SMILES string of the molecule is COc1ccc(NC(=O)N2CCN(c3ccccc3O)CC2)cc1C. The second-order valence-electron chi connectivity index (χ2n) is 6.08. The number of nitrogens with zero attached hydrogens (tertiary/aromatic N) is 2. The minimum Gasteiger partial charge on any atom is -0.506 e. The van der Waals surface area contributed by atoms with Crippen LogP contribution in [-0.4, -0.2) is 49.3 Å². The molecule has 1 fully saturated rings. The van der Waals surface area contributed by atoms with Crippen LogP contribution in [0.15, 0.2) is 42.5 Å². The molecule has 1 aliphatic heterocycles. The van der Waals surface area contributed by atoms with Crippen molar-refractivity contribution in [2.75, 3.05) is 43.5 Å². The summed E-state index contributed by atoms with van der Waals surface area (Å²) in [6, 6.07) is 12.8. The van der Waals surface area contributed by atoms with Crippen molar-refractivity contribution >= 4 is 17.4 Å². The Morgan fingerprint density at radius 3 is 2.48 bits per heavy atom. The normalized spacial score (nSPS) is 14.3. The maximum atomic E-state index is 12.5. The third kappa shape index (κ3) is 3.79. The van der Waals surface area contributed by atoms with Crippen molar-refractivity contribution in [2.45, 2.75) is 6.92 Å². The van der Waals surface area contributed by atoms with Gasteiger partial charge in [0.15, 0.2) is 0 Å². The van der Waals surface area contributed by atoms with Crippen LogP contribution in [0.25, 0.3) is 0 Å². The summed E-state index contributed by atoms with van der Waals surface area (Å²) in [5.41, 5.74) is 2.55. The minimum atomic E-state index is -0.110. The number of amides is 2. The van der Waals surface area contributed by atoms with E-state index in [1.54, 1.807) is 24.1 Å². The number of carbonyl (C=O) groups is 1. The van der Waals surface area contributed by atoms with Crippen LogP contribution in [0.1, 0.15) is 5.56 Å². The lowest BCUT2D eigenvalue weighted by molar-refractivity contribution is 0.208. The summed E-state index contributed by atoms with van der Waals surface area (Å²) < 4.78 is 5.24. The summed E-state index contributed by atoms with van der Waals surface area (Å²) in [4.78, 5) is 16.3. The third-order valence-electron chi connectivity index (χ3n) is 4.44. The molecule has 0 spiro atoms. The van der Waals surface area contributed by atoms with E-state index in [0.29, 0.717) is 26.2 Å². The number of benzene rings is 2. The van der Waals surface area contributed by atoms with Crippen LogP contribution >= 0.6 is 0 Å². The summed E-state index contributed by atoms with van der Waals surface area (Å²) in [6.07, 6.45) is 0. The van der Waals surface area contributed by atoms with Crippen LogP contribution in [0.4, 0.5) is 16.2 Å². The van der Waals surface area contributed by atoms with Crippen molar-refractivity contribution in [3.05, 3.63) is 48.0 Å². The zero-order chi connectivity index (χ0) is 17.8. The number of piperazine rings is 1. The predicted octanol–water partition coefficient (Wildman–Crippen LogP) is 3.06. The first-order valence-electron chi connectivity index (χ1n) is 8.32. The fourth-order valence-corrected chi connectivity index (χ4v) is 3.04. The Kier molecular flexibility index (Phi) is 4.97. The molecule has 0 bridgehead atoms. The van der Waals surface area contributed by atoms with Crippen molar-refractivity contribution in [3.63, 3.8) is 0 Å². The molecule has 1 heterocycles. The Balaban J connectivity index is 1.58. The molecule has 2 N–H and O–H groups in total. The zero-order valence-electron chi connectivity index (χ0n) is 14.5. The highest BCUT2D eigenvalue weighted by atomic mass is 16.5. The van der Waals surface area contributed by atoms with Crippen molar-refractivity contribution in [2.24, 2.45) is 0 Å². The molecular weight excluding hydrogens is 318 g/mol. The average Bonchev–Trinajstić information content (AvgIpc) is 2.62. The van der Waals surface area contributed by atoms with Gasteiger partial charge in [-0.3, -0.25) is 0 Å². The molecule has 0 aliphatic carbocycles. The zero-order valence-corrected chi connectivity index (χ0v) is 14.5. The van der Waals surface area contributed by atoms with Crippen LogP contribution in [0.3, 0.4) is 0 Å². The van der Waals surface area contributed by atoms with Crippen molar-refractivity contribution in [3.8, 4) is 11.5 Å². The van der Waals surface area contributed by atoms with Gasteiger partial charge in [-0.1, -0.05) is 12.1 Å². The number of hydrogen-bond donors (Lipinski definition) is 2. The smallest absolute Gasteiger partial charge is 0.321 e. The number of hydrogen-bond acceptors (Lipinski definition) is 4. The lowest BCUT2D eigenvalue weighted by atomic mass is 10.2. The molecule has 6 nitrogen and oxygen atoms in total. The first-order valence-corrected chi connectivity index (χ1v) is 8.32. The van der Waals surface area contributed by atoms with E-state index in [1.165, 1.54) is 0 Å². The van der Waals surface area contributed by atoms with Gasteiger partial charge in [0, 0.05) is 31.9 Å². The minimum absolute atomic E-state index is 0.110. The number of nitrogens with one attached hydrogen (secondary N) is 1. The van der Waals surface area contributed by atoms with Crippen LogP contribution in [0, 0.1) is 6.92 Å². The standard InChI is InChI=1S/C19H23N3O3/c1-14-13-15(7-8-18(14)25-2)20-19(24)22-11-9-21(10-12-22)16-5-3-4-6-17(16)23/h3-8,13,23H,9-12H2,1-2H3,(H,20,24). The summed E-state index contributed by atoms with van der Waals surface area (Å²) in [5, 5.41) is 12.9. The van der Waals surface area contributed by atoms with Gasteiger partial charge >= 0.3 is 6.03 Å². The molecule has 0 unspecified atom stereocenters. The number of rotatable bonds is 3. The Labute approximate surface area is 147 Å². The van der Waals surface area contributed by atoms with Gasteiger partial charge in [0.2, 0.25) is 0 Å². The van der Waals surface area contributed by atoms with Gasteiger partial charge in [-0.05, 0) is 42.8 Å². The van der Waals surface area contributed by atoms with Gasteiger partial charge in [0.1, 0.15) is 11.5 Å². The van der Waals surface area contributed by atoms with E-state index >= 15 is 0 Å². The first kappa shape index (κ1) is 17.0. The maximum absolute atomic E-state index is 12.5. The lowest BCUT2D eigenvalue weighted by Crippen LogP contribution is -2.50. The first-order chi connectivity index (χ1) is 12.1. The van der Waals surface area contributed by atoms with Gasteiger partial charge in [-0.15, -0.1) is 0 Å². The van der Waals surface area contributed by atoms with E-state index in [4.69, 9.17) is 4.74 Å². The van der Waals surface area contributed by atoms with Crippen LogP contribution < -0.4 is 15.0 Å². The molecular formula is C19H23N3O3. The number of aromatic hydroxyl groups is 1. The highest BCUT2D eigenvalue weighted by Crippen LogP contribution is 2.27. The maximum Gasteiger partial charge on any atom is 0.321 e. The van der Waals surface area contributed by atoms with Crippen LogP contribution in [-0.2, 0) is 0 Å². The van der Waals surface area contributed by atoms with Gasteiger partial charge in [0.05, 0.1) is 12.8 Å². The number of ether oxygens (including phenoxy) is 1. The quantitative estimate of drug-likeness (QED) is 0.900. The summed E-state index contributed by atoms with van der Waals surface area (Å²) in [5.74, 6) is 1.07. The predicted molar refractivity (Wildman–Crippen MR) is 98.6 cm³/mol. The van der Waals surface area contributed by atoms with Crippen molar-refractivity contribution in [1.29, 1.82) is 0 Å². The molecule has 25 heavy (non-hydrogen) atoms. The van der Waals surface area contributed by atoms with Crippen molar-refractivity contribution in [1.82, 2.24) is 4.90 Å². The highest BCUT2D eigenvalue weighted by Gasteiger charge is 2.22. The number of methoxy groups -OCH3 is 1. The van der Waals surface area contributed by atoms with Gasteiger partial charge in [-0.2, -0.15) is 0 Å². The van der Waals surface area contributed by atoms with E-state index in [9.17, 15) is 9.90 Å². The number of phenolic OH excluding ortho intramolecular Hbond substituents is 1. The average molecular weight is 341 g/mol. The monoisotopic (exact) mass is 341 g/mol. The fraction of sp³-hybridized carbons (Fsp3) is 0.316. The second kappa shape index (κ2) is 7.34. The highest BCUT2D eigenvalue weighted by molar-refractivity contribution is 5.89. The summed E-state index contributed by atoms with van der Waals surface area (Å²) >= 11 is 0. The molecule has 2 aromatic carbocycles. The molecule has 0 radical (unpaired) electrons. The topological polar surface area (TPSA) is 65.0 Å². The third-order valence-corrected chi connectivity index (χ3v) is 4.44. The van der Waals surface area contributed by atoms with E-state index in [-0.39, 0.29) is 11.8 Å². The Hall–Kier alpha value is -2.89. The molecule has 6 heteroatoms. The number of para-hydroxylation sites is 2. The van der Waals surface area contributed by atoms with Gasteiger partial charge in [-0.25, -0.2) is 4.79 Å². The molecule has 0 aromatic heterocycles. The Morgan fingerprint density at radius 2 is 1.84 bits per heavy atom. The van der Waals surface area contributed by atoms with Crippen molar-refractivity contribution < 1.29 is 14.6 Å². The van der Waals surface area contributed by atoms with E-state index in [2.05, 4.69) is 10.2 Å². The molecule has 1 saturated heterocycles. The van der Waals surface area contributed by atoms with E-state index in [0.717, 1.165) is 22.7 Å². The van der Waals surface area contributed by atoms with E-state index < -0.39 is 0 Å². The molecule has 2 amide bonds. The van der Waals surface area contributed by atoms with Crippen LogP contribution in [0.2, 0.25) is 0 Å². The largest absolute Gasteiger partial charge is 0.506 e. The molecule has 132 valence electrons. The second-order valence-corrected chi connectivity index (χ2v) is 6.08. The number of urea groups is 1. The Bertz CT molecular complexity index is 755. The number of carbonyl (C=O) groups excluding carboxylic acids is 1.